The summed E-state index contributed by atoms with van der Waals surface area (Å²) < 4.78 is 2.03. The predicted molar refractivity (Wildman–Crippen MR) is 147 cm³/mol. The smallest absolute Gasteiger partial charge is 0.267 e. The van der Waals surface area contributed by atoms with E-state index in [4.69, 9.17) is 17.2 Å². The van der Waals surface area contributed by atoms with Crippen molar-refractivity contribution in [3.63, 3.8) is 0 Å². The molecule has 1 aliphatic heterocycles. The number of aromatic nitrogens is 2. The number of thioether (sulfide) groups is 1. The average molecular weight is 505 g/mol. The Bertz CT molecular complexity index is 1360. The highest BCUT2D eigenvalue weighted by Gasteiger charge is 2.36. The second kappa shape index (κ2) is 9.95. The van der Waals surface area contributed by atoms with Gasteiger partial charge in [0.15, 0.2) is 0 Å². The van der Waals surface area contributed by atoms with Gasteiger partial charge in [0.25, 0.3) is 11.5 Å². The number of nitrogens with zero attached hydrogens (tertiary/aromatic N) is 4. The lowest BCUT2D eigenvalue weighted by Gasteiger charge is -2.33. The van der Waals surface area contributed by atoms with Crippen LogP contribution in [0.5, 0.6) is 0 Å². The van der Waals surface area contributed by atoms with Gasteiger partial charge in [-0.1, -0.05) is 79.6 Å². The van der Waals surface area contributed by atoms with Gasteiger partial charge in [0.1, 0.15) is 15.8 Å². The fourth-order valence-electron chi connectivity index (χ4n) is 4.95. The van der Waals surface area contributed by atoms with Crippen LogP contribution in [0.2, 0.25) is 0 Å². The van der Waals surface area contributed by atoms with Crippen LogP contribution >= 0.6 is 24.0 Å². The largest absolute Gasteiger partial charge is 0.356 e. The highest BCUT2D eigenvalue weighted by Crippen LogP contribution is 2.38. The summed E-state index contributed by atoms with van der Waals surface area (Å²) in [6, 6.07) is 15.5. The molecule has 1 atom stereocenters. The van der Waals surface area contributed by atoms with E-state index in [1.165, 1.54) is 35.4 Å². The van der Waals surface area contributed by atoms with Gasteiger partial charge in [0, 0.05) is 19.3 Å². The molecule has 3 heterocycles. The fourth-order valence-corrected chi connectivity index (χ4v) is 6.35. The zero-order valence-corrected chi connectivity index (χ0v) is 21.5. The summed E-state index contributed by atoms with van der Waals surface area (Å²) >= 11 is 6.85. The third-order valence-electron chi connectivity index (χ3n) is 6.97. The van der Waals surface area contributed by atoms with Crippen molar-refractivity contribution in [2.75, 3.05) is 11.9 Å². The lowest BCUT2D eigenvalue weighted by atomic mass is 9.94. The molecule has 0 bridgehead atoms. The number of fused-ring (bicyclic) bond motifs is 1. The van der Waals surface area contributed by atoms with Crippen LogP contribution in [-0.2, 0) is 4.79 Å². The van der Waals surface area contributed by atoms with Crippen molar-refractivity contribution in [3.8, 4) is 0 Å². The van der Waals surface area contributed by atoms with Crippen LogP contribution in [0.1, 0.15) is 56.2 Å². The molecule has 1 amide bonds. The van der Waals surface area contributed by atoms with E-state index in [0.29, 0.717) is 32.3 Å². The molecule has 1 saturated heterocycles. The molecule has 6 nitrogen and oxygen atoms in total. The van der Waals surface area contributed by atoms with Crippen molar-refractivity contribution in [1.29, 1.82) is 0 Å². The topological polar surface area (TPSA) is 57.9 Å². The molecule has 2 aliphatic rings. The highest BCUT2D eigenvalue weighted by atomic mass is 32.2. The first-order valence-corrected chi connectivity index (χ1v) is 13.2. The molecule has 1 unspecified atom stereocenters. The van der Waals surface area contributed by atoms with Crippen molar-refractivity contribution < 1.29 is 4.79 Å². The Morgan fingerprint density at radius 2 is 1.80 bits per heavy atom. The quantitative estimate of drug-likeness (QED) is 0.341. The van der Waals surface area contributed by atoms with E-state index in [-0.39, 0.29) is 17.5 Å². The standard InChI is InChI=1S/C27H28N4O2S2/c1-18(19-11-5-3-6-12-19)31-26(33)22(35-27(31)34)17-21-24(29(2)20-13-7-4-8-14-20)28-23-15-9-10-16-30(23)25(21)32/h3,5-6,9-12,15-18,20H,4,7-8,13-14H2,1-2H3. The Hall–Kier alpha value is -2.97. The zero-order chi connectivity index (χ0) is 24.5. The van der Waals surface area contributed by atoms with Crippen LogP contribution in [0.15, 0.2) is 64.4 Å². The first-order valence-electron chi connectivity index (χ1n) is 12.0. The van der Waals surface area contributed by atoms with Crippen molar-refractivity contribution in [2.45, 2.75) is 51.1 Å². The van der Waals surface area contributed by atoms with Gasteiger partial charge in [-0.15, -0.1) is 0 Å². The second-order valence-corrected chi connectivity index (χ2v) is 10.8. The monoisotopic (exact) mass is 504 g/mol. The summed E-state index contributed by atoms with van der Waals surface area (Å²) in [5, 5.41) is 0. The lowest BCUT2D eigenvalue weighted by molar-refractivity contribution is -0.123. The van der Waals surface area contributed by atoms with Gasteiger partial charge in [-0.05, 0) is 43.5 Å². The number of benzene rings is 1. The lowest BCUT2D eigenvalue weighted by Crippen LogP contribution is -2.36. The number of carbonyl (C=O) groups excluding carboxylic acids is 1. The third kappa shape index (κ3) is 4.52. The molecule has 1 aromatic carbocycles. The number of hydrogen-bond donors (Lipinski definition) is 0. The minimum atomic E-state index is -0.199. The van der Waals surface area contributed by atoms with Crippen LogP contribution in [0, 0.1) is 0 Å². The summed E-state index contributed by atoms with van der Waals surface area (Å²) in [5.41, 5.74) is 1.84. The van der Waals surface area contributed by atoms with Crippen LogP contribution < -0.4 is 10.5 Å². The van der Waals surface area contributed by atoms with E-state index in [2.05, 4.69) is 4.90 Å². The maximum absolute atomic E-state index is 13.6. The van der Waals surface area contributed by atoms with Crippen molar-refractivity contribution in [3.05, 3.63) is 81.1 Å². The average Bonchev–Trinajstić information content (AvgIpc) is 3.18. The van der Waals surface area contributed by atoms with E-state index in [9.17, 15) is 9.59 Å². The summed E-state index contributed by atoms with van der Waals surface area (Å²) in [6.07, 6.45) is 9.15. The molecule has 2 aromatic heterocycles. The number of carbonyl (C=O) groups is 1. The molecule has 2 fully saturated rings. The molecule has 1 saturated carbocycles. The molecule has 8 heteroatoms. The fraction of sp³-hybridized carbons (Fsp3) is 0.333. The Morgan fingerprint density at radius 1 is 1.09 bits per heavy atom. The van der Waals surface area contributed by atoms with E-state index < -0.39 is 0 Å². The van der Waals surface area contributed by atoms with Crippen LogP contribution in [0.4, 0.5) is 5.82 Å². The van der Waals surface area contributed by atoms with E-state index in [0.717, 1.165) is 18.4 Å². The van der Waals surface area contributed by atoms with E-state index in [1.807, 2.05) is 62.5 Å². The minimum Gasteiger partial charge on any atom is -0.356 e. The summed E-state index contributed by atoms with van der Waals surface area (Å²) in [4.78, 5) is 36.2. The molecular formula is C27H28N4O2S2. The Morgan fingerprint density at radius 3 is 2.54 bits per heavy atom. The normalized spacial score (nSPS) is 19.0. The summed E-state index contributed by atoms with van der Waals surface area (Å²) in [7, 11) is 2.01. The maximum Gasteiger partial charge on any atom is 0.267 e. The molecule has 3 aromatic rings. The van der Waals surface area contributed by atoms with Crippen molar-refractivity contribution in [1.82, 2.24) is 14.3 Å². The van der Waals surface area contributed by atoms with Crippen LogP contribution in [-0.4, -0.2) is 37.6 Å². The molecule has 180 valence electrons. The predicted octanol–water partition coefficient (Wildman–Crippen LogP) is 5.43. The Labute approximate surface area is 214 Å². The minimum absolute atomic E-state index is 0.180. The molecule has 5 rings (SSSR count). The first kappa shape index (κ1) is 23.8. The van der Waals surface area contributed by atoms with Gasteiger partial charge < -0.3 is 4.90 Å². The van der Waals surface area contributed by atoms with Gasteiger partial charge in [-0.2, -0.15) is 0 Å². The third-order valence-corrected chi connectivity index (χ3v) is 8.30. The maximum atomic E-state index is 13.6. The Kier molecular flexibility index (Phi) is 6.75. The first-order chi connectivity index (χ1) is 17.0. The van der Waals surface area contributed by atoms with Crippen molar-refractivity contribution in [2.24, 2.45) is 0 Å². The van der Waals surface area contributed by atoms with Gasteiger partial charge in [-0.3, -0.25) is 18.9 Å². The number of rotatable bonds is 5. The molecule has 0 spiro atoms. The molecule has 35 heavy (non-hydrogen) atoms. The number of anilines is 1. The summed E-state index contributed by atoms with van der Waals surface area (Å²) in [6.45, 7) is 1.97. The molecular weight excluding hydrogens is 476 g/mol. The number of pyridine rings is 1. The van der Waals surface area contributed by atoms with Gasteiger partial charge in [0.2, 0.25) is 0 Å². The number of thiocarbonyl (C=S) groups is 1. The van der Waals surface area contributed by atoms with E-state index >= 15 is 0 Å². The summed E-state index contributed by atoms with van der Waals surface area (Å²) in [5.74, 6) is 0.439. The van der Waals surface area contributed by atoms with E-state index in [1.54, 1.807) is 17.2 Å². The second-order valence-electron chi connectivity index (χ2n) is 9.12. The molecule has 0 N–H and O–H groups in total. The highest BCUT2D eigenvalue weighted by molar-refractivity contribution is 8.26. The van der Waals surface area contributed by atoms with Crippen LogP contribution in [0.3, 0.4) is 0 Å². The number of hydrogen-bond acceptors (Lipinski definition) is 6. The molecule has 0 radical (unpaired) electrons. The Balaban J connectivity index is 1.58. The van der Waals surface area contributed by atoms with Gasteiger partial charge in [-0.25, -0.2) is 4.98 Å². The number of amides is 1. The zero-order valence-electron chi connectivity index (χ0n) is 19.9. The SMILES string of the molecule is CC(c1ccccc1)N1C(=O)C(=Cc2c(N(C)C3CCCCC3)nc3ccccn3c2=O)SC1=S. The van der Waals surface area contributed by atoms with Gasteiger partial charge in [0.05, 0.1) is 16.5 Å². The van der Waals surface area contributed by atoms with Crippen LogP contribution in [0.25, 0.3) is 11.7 Å². The van der Waals surface area contributed by atoms with Crippen molar-refractivity contribution >= 4 is 51.7 Å². The van der Waals surface area contributed by atoms with Gasteiger partial charge >= 0.3 is 0 Å². The molecule has 1 aliphatic carbocycles.